The molecule has 0 aliphatic carbocycles. The molecule has 1 fully saturated rings. The topological polar surface area (TPSA) is 73.6 Å². The minimum atomic E-state index is -0.401. The zero-order chi connectivity index (χ0) is 12.0. The van der Waals surface area contributed by atoms with Crippen LogP contribution in [0.5, 0.6) is 0 Å². The molecule has 16 heavy (non-hydrogen) atoms. The predicted molar refractivity (Wildman–Crippen MR) is 61.0 cm³/mol. The molecule has 0 radical (unpaired) electrons. The lowest BCUT2D eigenvalue weighted by atomic mass is 10.1. The van der Waals surface area contributed by atoms with Crippen LogP contribution in [0.2, 0.25) is 0 Å². The average Bonchev–Trinajstić information content (AvgIpc) is 2.68. The van der Waals surface area contributed by atoms with E-state index in [0.717, 1.165) is 19.6 Å². The molecule has 5 heteroatoms. The lowest BCUT2D eigenvalue weighted by Crippen LogP contribution is -2.47. The Labute approximate surface area is 96.7 Å². The molecule has 1 aliphatic rings. The summed E-state index contributed by atoms with van der Waals surface area (Å²) in [5.41, 5.74) is 5.27. The molecule has 0 bridgehead atoms. The molecule has 2 unspecified atom stereocenters. The normalized spacial score (nSPS) is 22.6. The van der Waals surface area contributed by atoms with Crippen LogP contribution >= 0.6 is 0 Å². The molecule has 5 nitrogen and oxygen atoms in total. The third kappa shape index (κ3) is 4.92. The van der Waals surface area contributed by atoms with Crippen molar-refractivity contribution >= 4 is 5.91 Å². The van der Waals surface area contributed by atoms with E-state index in [9.17, 15) is 4.79 Å². The van der Waals surface area contributed by atoms with Crippen LogP contribution in [-0.4, -0.2) is 44.4 Å². The first-order valence-electron chi connectivity index (χ1n) is 5.80. The van der Waals surface area contributed by atoms with Crippen LogP contribution in [-0.2, 0) is 14.3 Å². The fraction of sp³-hybridized carbons (Fsp3) is 0.909. The zero-order valence-corrected chi connectivity index (χ0v) is 10.1. The van der Waals surface area contributed by atoms with Gasteiger partial charge in [-0.15, -0.1) is 0 Å². The molecular weight excluding hydrogens is 208 g/mol. The molecule has 1 heterocycles. The lowest BCUT2D eigenvalue weighted by molar-refractivity contribution is -0.121. The van der Waals surface area contributed by atoms with E-state index >= 15 is 0 Å². The summed E-state index contributed by atoms with van der Waals surface area (Å²) in [4.78, 5) is 11.1. The van der Waals surface area contributed by atoms with Crippen molar-refractivity contribution in [3.05, 3.63) is 0 Å². The molecule has 2 atom stereocenters. The van der Waals surface area contributed by atoms with Gasteiger partial charge in [-0.25, -0.2) is 0 Å². The minimum absolute atomic E-state index is 0.218. The van der Waals surface area contributed by atoms with Gasteiger partial charge >= 0.3 is 0 Å². The van der Waals surface area contributed by atoms with E-state index in [-0.39, 0.29) is 11.9 Å². The van der Waals surface area contributed by atoms with Gasteiger partial charge in [-0.3, -0.25) is 4.79 Å². The van der Waals surface area contributed by atoms with Crippen molar-refractivity contribution in [2.24, 2.45) is 11.7 Å². The van der Waals surface area contributed by atoms with E-state index < -0.39 is 6.04 Å². The summed E-state index contributed by atoms with van der Waals surface area (Å²) in [6, 6.07) is -0.182. The first-order chi connectivity index (χ1) is 7.59. The van der Waals surface area contributed by atoms with Crippen molar-refractivity contribution in [1.29, 1.82) is 0 Å². The standard InChI is InChI=1S/C11H22N2O3/c1-8(2)13-10(11(12)14)7-16-6-9-3-4-15-5-9/h8-10,13H,3-7H2,1-2H3,(H2,12,14). The van der Waals surface area contributed by atoms with Crippen molar-refractivity contribution in [2.75, 3.05) is 26.4 Å². The van der Waals surface area contributed by atoms with Gasteiger partial charge < -0.3 is 20.5 Å². The van der Waals surface area contributed by atoms with Gasteiger partial charge in [0.2, 0.25) is 5.91 Å². The number of hydrogen-bond acceptors (Lipinski definition) is 4. The molecule has 1 amide bonds. The van der Waals surface area contributed by atoms with Gasteiger partial charge in [0.05, 0.1) is 19.8 Å². The number of amides is 1. The van der Waals surface area contributed by atoms with Crippen molar-refractivity contribution in [3.63, 3.8) is 0 Å². The molecule has 1 rings (SSSR count). The minimum Gasteiger partial charge on any atom is -0.381 e. The molecule has 0 saturated carbocycles. The summed E-state index contributed by atoms with van der Waals surface area (Å²) in [6.07, 6.45) is 1.04. The Kier molecular flexibility index (Phi) is 5.73. The Bertz CT molecular complexity index is 215. The predicted octanol–water partition coefficient (Wildman–Crippen LogP) is -0.109. The highest BCUT2D eigenvalue weighted by molar-refractivity contribution is 5.80. The number of hydrogen-bond donors (Lipinski definition) is 2. The number of primary amides is 1. The van der Waals surface area contributed by atoms with Crippen LogP contribution < -0.4 is 11.1 Å². The second-order valence-corrected chi connectivity index (χ2v) is 4.54. The van der Waals surface area contributed by atoms with E-state index in [1.807, 2.05) is 13.8 Å². The maximum Gasteiger partial charge on any atom is 0.236 e. The highest BCUT2D eigenvalue weighted by atomic mass is 16.5. The summed E-state index contributed by atoms with van der Waals surface area (Å²) >= 11 is 0. The second kappa shape index (κ2) is 6.83. The van der Waals surface area contributed by atoms with Crippen LogP contribution in [0.3, 0.4) is 0 Å². The van der Waals surface area contributed by atoms with Gasteiger partial charge in [0, 0.05) is 18.6 Å². The van der Waals surface area contributed by atoms with Crippen molar-refractivity contribution in [1.82, 2.24) is 5.32 Å². The Balaban J connectivity index is 2.18. The smallest absolute Gasteiger partial charge is 0.236 e. The number of nitrogens with one attached hydrogen (secondary N) is 1. The maximum absolute atomic E-state index is 11.1. The highest BCUT2D eigenvalue weighted by Gasteiger charge is 2.19. The van der Waals surface area contributed by atoms with Gasteiger partial charge in [0.15, 0.2) is 0 Å². The Hall–Kier alpha value is -0.650. The second-order valence-electron chi connectivity index (χ2n) is 4.54. The SMILES string of the molecule is CC(C)NC(COCC1CCOC1)C(N)=O. The van der Waals surface area contributed by atoms with Crippen molar-refractivity contribution in [2.45, 2.75) is 32.4 Å². The Morgan fingerprint density at radius 3 is 2.88 bits per heavy atom. The first-order valence-corrected chi connectivity index (χ1v) is 5.80. The van der Waals surface area contributed by atoms with Crippen molar-refractivity contribution in [3.8, 4) is 0 Å². The third-order valence-electron chi connectivity index (χ3n) is 2.54. The monoisotopic (exact) mass is 230 g/mol. The highest BCUT2D eigenvalue weighted by Crippen LogP contribution is 2.12. The van der Waals surface area contributed by atoms with Gasteiger partial charge in [-0.1, -0.05) is 13.8 Å². The van der Waals surface area contributed by atoms with Gasteiger partial charge in [0.25, 0.3) is 0 Å². The molecule has 0 aromatic rings. The molecular formula is C11H22N2O3. The zero-order valence-electron chi connectivity index (χ0n) is 10.1. The summed E-state index contributed by atoms with van der Waals surface area (Å²) in [5.74, 6) is 0.101. The molecule has 1 saturated heterocycles. The van der Waals surface area contributed by atoms with E-state index in [1.165, 1.54) is 0 Å². The van der Waals surface area contributed by atoms with E-state index in [4.69, 9.17) is 15.2 Å². The maximum atomic E-state index is 11.1. The first kappa shape index (κ1) is 13.4. The number of carbonyl (C=O) groups is 1. The average molecular weight is 230 g/mol. The van der Waals surface area contributed by atoms with Crippen molar-refractivity contribution < 1.29 is 14.3 Å². The quantitative estimate of drug-likeness (QED) is 0.640. The molecule has 94 valence electrons. The van der Waals surface area contributed by atoms with Crippen LogP contribution in [0.4, 0.5) is 0 Å². The molecule has 1 aliphatic heterocycles. The van der Waals surface area contributed by atoms with Crippen LogP contribution in [0.15, 0.2) is 0 Å². The van der Waals surface area contributed by atoms with Crippen LogP contribution in [0.25, 0.3) is 0 Å². The van der Waals surface area contributed by atoms with E-state index in [0.29, 0.717) is 19.1 Å². The van der Waals surface area contributed by atoms with Crippen LogP contribution in [0, 0.1) is 5.92 Å². The van der Waals surface area contributed by atoms with Gasteiger partial charge in [-0.2, -0.15) is 0 Å². The molecule has 0 spiro atoms. The van der Waals surface area contributed by atoms with E-state index in [2.05, 4.69) is 5.32 Å². The summed E-state index contributed by atoms with van der Waals surface area (Å²) in [7, 11) is 0. The number of nitrogens with two attached hydrogens (primary N) is 1. The Morgan fingerprint density at radius 2 is 2.38 bits per heavy atom. The number of carbonyl (C=O) groups excluding carboxylic acids is 1. The summed E-state index contributed by atoms with van der Waals surface area (Å²) in [5, 5.41) is 3.07. The number of ether oxygens (including phenoxy) is 2. The third-order valence-corrected chi connectivity index (χ3v) is 2.54. The van der Waals surface area contributed by atoms with Gasteiger partial charge in [0.1, 0.15) is 6.04 Å². The largest absolute Gasteiger partial charge is 0.381 e. The number of rotatable bonds is 7. The fourth-order valence-electron chi connectivity index (χ4n) is 1.68. The van der Waals surface area contributed by atoms with Gasteiger partial charge in [-0.05, 0) is 6.42 Å². The molecule has 0 aromatic carbocycles. The fourth-order valence-corrected chi connectivity index (χ4v) is 1.68. The lowest BCUT2D eigenvalue weighted by Gasteiger charge is -2.19. The van der Waals surface area contributed by atoms with Crippen LogP contribution in [0.1, 0.15) is 20.3 Å². The molecule has 0 aromatic heterocycles. The molecule has 3 N–H and O–H groups in total. The van der Waals surface area contributed by atoms with E-state index in [1.54, 1.807) is 0 Å². The Morgan fingerprint density at radius 1 is 1.62 bits per heavy atom. The summed E-state index contributed by atoms with van der Waals surface area (Å²) < 4.78 is 10.7. The summed E-state index contributed by atoms with van der Waals surface area (Å²) in [6.45, 7) is 6.51.